The van der Waals surface area contributed by atoms with Crippen LogP contribution >= 0.6 is 0 Å². The van der Waals surface area contributed by atoms with Crippen molar-refractivity contribution in [3.8, 4) is 0 Å². The summed E-state index contributed by atoms with van der Waals surface area (Å²) < 4.78 is 0. The molecule has 0 bridgehead atoms. The SMILES string of the molecule is Nc1c(Nc2cccc3ccccc23)ccc2ccccc12. The third-order valence-corrected chi connectivity index (χ3v) is 4.03. The van der Waals surface area contributed by atoms with Gasteiger partial charge in [0.2, 0.25) is 0 Å². The molecule has 0 amide bonds. The van der Waals surface area contributed by atoms with Crippen molar-refractivity contribution >= 4 is 38.6 Å². The van der Waals surface area contributed by atoms with E-state index in [0.29, 0.717) is 0 Å². The molecular formula is C20H16N2. The lowest BCUT2D eigenvalue weighted by Gasteiger charge is -2.13. The van der Waals surface area contributed by atoms with E-state index < -0.39 is 0 Å². The molecule has 4 aromatic rings. The van der Waals surface area contributed by atoms with Crippen LogP contribution in [-0.2, 0) is 0 Å². The van der Waals surface area contributed by atoms with Gasteiger partial charge in [0, 0.05) is 16.5 Å². The van der Waals surface area contributed by atoms with E-state index in [0.717, 1.165) is 27.8 Å². The Bertz CT molecular complexity index is 968. The zero-order valence-electron chi connectivity index (χ0n) is 12.1. The third kappa shape index (κ3) is 2.06. The van der Waals surface area contributed by atoms with E-state index >= 15 is 0 Å². The van der Waals surface area contributed by atoms with Gasteiger partial charge in [-0.1, -0.05) is 66.7 Å². The van der Waals surface area contributed by atoms with Crippen LogP contribution in [0.25, 0.3) is 21.5 Å². The van der Waals surface area contributed by atoms with Crippen LogP contribution in [0.3, 0.4) is 0 Å². The maximum atomic E-state index is 6.35. The highest BCUT2D eigenvalue weighted by molar-refractivity contribution is 6.02. The minimum absolute atomic E-state index is 0.783. The molecule has 0 aliphatic carbocycles. The fourth-order valence-corrected chi connectivity index (χ4v) is 2.88. The van der Waals surface area contributed by atoms with E-state index in [2.05, 4.69) is 66.0 Å². The summed E-state index contributed by atoms with van der Waals surface area (Å²) in [4.78, 5) is 0. The molecule has 0 fully saturated rings. The van der Waals surface area contributed by atoms with Gasteiger partial charge in [-0.15, -0.1) is 0 Å². The van der Waals surface area contributed by atoms with Crippen molar-refractivity contribution in [2.75, 3.05) is 11.1 Å². The summed E-state index contributed by atoms with van der Waals surface area (Å²) >= 11 is 0. The molecule has 2 nitrogen and oxygen atoms in total. The predicted octanol–water partition coefficient (Wildman–Crippen LogP) is 5.32. The van der Waals surface area contributed by atoms with Gasteiger partial charge in [-0.25, -0.2) is 0 Å². The van der Waals surface area contributed by atoms with Crippen molar-refractivity contribution in [1.29, 1.82) is 0 Å². The van der Waals surface area contributed by atoms with Gasteiger partial charge in [-0.05, 0) is 22.9 Å². The summed E-state index contributed by atoms with van der Waals surface area (Å²) in [5.74, 6) is 0. The van der Waals surface area contributed by atoms with Gasteiger partial charge in [-0.3, -0.25) is 0 Å². The Balaban J connectivity index is 1.84. The summed E-state index contributed by atoms with van der Waals surface area (Å²) in [5.41, 5.74) is 9.14. The molecule has 0 unspecified atom stereocenters. The fraction of sp³-hybridized carbons (Fsp3) is 0. The molecule has 0 aromatic heterocycles. The minimum Gasteiger partial charge on any atom is -0.397 e. The molecule has 0 spiro atoms. The Morgan fingerprint density at radius 1 is 0.545 bits per heavy atom. The standard InChI is InChI=1S/C20H16N2/c21-20-17-10-4-2-7-15(17)12-13-19(20)22-18-11-5-8-14-6-1-3-9-16(14)18/h1-13,22H,21H2. The topological polar surface area (TPSA) is 38.0 Å². The molecule has 0 atom stereocenters. The molecule has 4 aromatic carbocycles. The lowest BCUT2D eigenvalue weighted by Crippen LogP contribution is -1.97. The van der Waals surface area contributed by atoms with Crippen LogP contribution in [0.5, 0.6) is 0 Å². The highest BCUT2D eigenvalue weighted by atomic mass is 14.9. The highest BCUT2D eigenvalue weighted by Gasteiger charge is 2.06. The number of hydrogen-bond donors (Lipinski definition) is 2. The quantitative estimate of drug-likeness (QED) is 0.489. The van der Waals surface area contributed by atoms with Crippen LogP contribution < -0.4 is 11.1 Å². The van der Waals surface area contributed by atoms with E-state index in [1.165, 1.54) is 10.8 Å². The molecule has 106 valence electrons. The Kier molecular flexibility index (Phi) is 2.94. The molecule has 3 N–H and O–H groups in total. The molecule has 0 heterocycles. The van der Waals surface area contributed by atoms with Crippen LogP contribution in [0.4, 0.5) is 17.1 Å². The lowest BCUT2D eigenvalue weighted by atomic mass is 10.1. The normalized spacial score (nSPS) is 10.9. The van der Waals surface area contributed by atoms with Gasteiger partial charge >= 0.3 is 0 Å². The van der Waals surface area contributed by atoms with Crippen molar-refractivity contribution < 1.29 is 0 Å². The zero-order chi connectivity index (χ0) is 14.9. The molecule has 2 heteroatoms. The van der Waals surface area contributed by atoms with Gasteiger partial charge in [0.05, 0.1) is 11.4 Å². The maximum Gasteiger partial charge on any atom is 0.0633 e. The Labute approximate surface area is 129 Å². The second-order valence-corrected chi connectivity index (χ2v) is 5.40. The van der Waals surface area contributed by atoms with Crippen LogP contribution in [0, 0.1) is 0 Å². The molecule has 0 saturated heterocycles. The Morgan fingerprint density at radius 2 is 1.18 bits per heavy atom. The van der Waals surface area contributed by atoms with Crippen LogP contribution in [0.1, 0.15) is 0 Å². The molecule has 0 saturated carbocycles. The number of rotatable bonds is 2. The van der Waals surface area contributed by atoms with E-state index in [4.69, 9.17) is 5.73 Å². The van der Waals surface area contributed by atoms with E-state index in [9.17, 15) is 0 Å². The highest BCUT2D eigenvalue weighted by Crippen LogP contribution is 2.33. The van der Waals surface area contributed by atoms with Crippen LogP contribution in [0.15, 0.2) is 78.9 Å². The minimum atomic E-state index is 0.783. The largest absolute Gasteiger partial charge is 0.397 e. The molecule has 0 aliphatic rings. The van der Waals surface area contributed by atoms with Gasteiger partial charge in [0.15, 0.2) is 0 Å². The van der Waals surface area contributed by atoms with Gasteiger partial charge in [0.25, 0.3) is 0 Å². The van der Waals surface area contributed by atoms with Crippen LogP contribution in [0.2, 0.25) is 0 Å². The first-order valence-electron chi connectivity index (χ1n) is 7.35. The summed E-state index contributed by atoms with van der Waals surface area (Å²) in [7, 11) is 0. The average Bonchev–Trinajstić information content (AvgIpc) is 2.58. The summed E-state index contributed by atoms with van der Waals surface area (Å²) in [6.45, 7) is 0. The second-order valence-electron chi connectivity index (χ2n) is 5.40. The third-order valence-electron chi connectivity index (χ3n) is 4.03. The molecule has 22 heavy (non-hydrogen) atoms. The van der Waals surface area contributed by atoms with Gasteiger partial charge in [-0.2, -0.15) is 0 Å². The second kappa shape index (κ2) is 5.08. The number of benzene rings is 4. The predicted molar refractivity (Wildman–Crippen MR) is 95.6 cm³/mol. The zero-order valence-corrected chi connectivity index (χ0v) is 12.1. The molecule has 0 aliphatic heterocycles. The number of nitrogen functional groups attached to an aromatic ring is 1. The Morgan fingerprint density at radius 3 is 2.00 bits per heavy atom. The van der Waals surface area contributed by atoms with Gasteiger partial charge < -0.3 is 11.1 Å². The number of nitrogens with one attached hydrogen (secondary N) is 1. The van der Waals surface area contributed by atoms with Crippen molar-refractivity contribution in [3.63, 3.8) is 0 Å². The first-order valence-corrected chi connectivity index (χ1v) is 7.35. The first-order chi connectivity index (χ1) is 10.8. The average molecular weight is 284 g/mol. The summed E-state index contributed by atoms with van der Waals surface area (Å²) in [6, 6.07) is 26.9. The van der Waals surface area contributed by atoms with E-state index in [1.54, 1.807) is 0 Å². The van der Waals surface area contributed by atoms with Crippen molar-refractivity contribution in [2.45, 2.75) is 0 Å². The number of anilines is 3. The Hall–Kier alpha value is -3.00. The summed E-state index contributed by atoms with van der Waals surface area (Å²) in [5, 5.41) is 8.12. The molecular weight excluding hydrogens is 268 g/mol. The monoisotopic (exact) mass is 284 g/mol. The number of nitrogens with two attached hydrogens (primary N) is 1. The van der Waals surface area contributed by atoms with Gasteiger partial charge in [0.1, 0.15) is 0 Å². The first kappa shape index (κ1) is 12.7. The van der Waals surface area contributed by atoms with E-state index in [1.807, 2.05) is 18.2 Å². The van der Waals surface area contributed by atoms with Crippen molar-refractivity contribution in [1.82, 2.24) is 0 Å². The van der Waals surface area contributed by atoms with Crippen LogP contribution in [-0.4, -0.2) is 0 Å². The van der Waals surface area contributed by atoms with E-state index in [-0.39, 0.29) is 0 Å². The fourth-order valence-electron chi connectivity index (χ4n) is 2.88. The number of hydrogen-bond acceptors (Lipinski definition) is 2. The van der Waals surface area contributed by atoms with Crippen molar-refractivity contribution in [3.05, 3.63) is 78.9 Å². The summed E-state index contributed by atoms with van der Waals surface area (Å²) in [6.07, 6.45) is 0. The lowest BCUT2D eigenvalue weighted by molar-refractivity contribution is 1.59. The number of fused-ring (bicyclic) bond motifs is 2. The molecule has 4 rings (SSSR count). The molecule has 0 radical (unpaired) electrons. The maximum absolute atomic E-state index is 6.35. The smallest absolute Gasteiger partial charge is 0.0633 e. The van der Waals surface area contributed by atoms with Crippen molar-refractivity contribution in [2.24, 2.45) is 0 Å².